The van der Waals surface area contributed by atoms with Crippen LogP contribution in [-0.4, -0.2) is 33.3 Å². The van der Waals surface area contributed by atoms with E-state index in [9.17, 15) is 4.79 Å². The summed E-state index contributed by atoms with van der Waals surface area (Å²) in [6.07, 6.45) is 8.17. The summed E-state index contributed by atoms with van der Waals surface area (Å²) >= 11 is 2.01. The van der Waals surface area contributed by atoms with Crippen molar-refractivity contribution >= 4 is 23.5 Å². The fourth-order valence-corrected chi connectivity index (χ4v) is 4.42. The number of hydrogen-bond donors (Lipinski definition) is 3. The van der Waals surface area contributed by atoms with Crippen LogP contribution in [-0.2, 0) is 0 Å². The van der Waals surface area contributed by atoms with Crippen LogP contribution in [0.4, 0.5) is 10.5 Å². The predicted octanol–water partition coefficient (Wildman–Crippen LogP) is 4.26. The van der Waals surface area contributed by atoms with Crippen LogP contribution in [0.1, 0.15) is 32.6 Å². The van der Waals surface area contributed by atoms with Gasteiger partial charge in [0.15, 0.2) is 0 Å². The Morgan fingerprint density at radius 3 is 3.04 bits per heavy atom. The van der Waals surface area contributed by atoms with Crippen LogP contribution in [0, 0.1) is 0 Å². The van der Waals surface area contributed by atoms with E-state index in [2.05, 4.69) is 27.8 Å². The molecule has 1 heterocycles. The zero-order chi connectivity index (χ0) is 16.8. The number of nitrogens with one attached hydrogen (secondary N) is 3. The van der Waals surface area contributed by atoms with E-state index >= 15 is 0 Å². The van der Waals surface area contributed by atoms with Gasteiger partial charge in [0.1, 0.15) is 0 Å². The van der Waals surface area contributed by atoms with Crippen LogP contribution < -0.4 is 10.6 Å². The van der Waals surface area contributed by atoms with Crippen LogP contribution in [0.25, 0.3) is 11.1 Å². The Hall–Kier alpha value is -1.95. The van der Waals surface area contributed by atoms with Crippen molar-refractivity contribution in [1.29, 1.82) is 0 Å². The lowest BCUT2D eigenvalue weighted by atomic mass is 9.95. The molecule has 2 aromatic rings. The molecule has 2 atom stereocenters. The quantitative estimate of drug-likeness (QED) is 0.759. The highest BCUT2D eigenvalue weighted by Gasteiger charge is 2.23. The standard InChI is InChI=1S/C18H24N4OS/c1-2-24-15-7-5-6-14(10-15)21-18(23)22-17-9-4-3-8-16(17)13-11-19-20-12-13/h3-4,8-9,11-12,14-15H,2,5-7,10H2,1H3,(H,19,20)(H2,21,22,23)/t14-,15-/m1/s1. The SMILES string of the molecule is CCS[C@@H]1CCC[C@@H](NC(=O)Nc2ccccc2-c2cn[nH]c2)C1. The van der Waals surface area contributed by atoms with Gasteiger partial charge >= 0.3 is 6.03 Å². The van der Waals surface area contributed by atoms with E-state index in [1.165, 1.54) is 12.8 Å². The molecule has 5 nitrogen and oxygen atoms in total. The number of aromatic nitrogens is 2. The highest BCUT2D eigenvalue weighted by molar-refractivity contribution is 7.99. The molecule has 3 rings (SSSR count). The number of amides is 2. The molecule has 0 spiro atoms. The van der Waals surface area contributed by atoms with Crippen LogP contribution >= 0.6 is 11.8 Å². The van der Waals surface area contributed by atoms with E-state index in [-0.39, 0.29) is 12.1 Å². The first-order chi connectivity index (χ1) is 11.8. The van der Waals surface area contributed by atoms with E-state index < -0.39 is 0 Å². The Labute approximate surface area is 147 Å². The smallest absolute Gasteiger partial charge is 0.319 e. The predicted molar refractivity (Wildman–Crippen MR) is 100 cm³/mol. The number of thioether (sulfide) groups is 1. The van der Waals surface area contributed by atoms with Gasteiger partial charge in [0, 0.05) is 28.6 Å². The van der Waals surface area contributed by atoms with Gasteiger partial charge in [0.25, 0.3) is 0 Å². The van der Waals surface area contributed by atoms with Crippen molar-refractivity contribution in [3.63, 3.8) is 0 Å². The fourth-order valence-electron chi connectivity index (χ4n) is 3.25. The van der Waals surface area contributed by atoms with Gasteiger partial charge in [0.2, 0.25) is 0 Å². The van der Waals surface area contributed by atoms with Crippen molar-refractivity contribution in [2.45, 2.75) is 43.9 Å². The van der Waals surface area contributed by atoms with Crippen LogP contribution in [0.3, 0.4) is 0 Å². The number of nitrogens with zero attached hydrogens (tertiary/aromatic N) is 1. The molecule has 3 N–H and O–H groups in total. The molecule has 24 heavy (non-hydrogen) atoms. The number of rotatable bonds is 5. The Bertz CT molecular complexity index is 657. The maximum Gasteiger partial charge on any atom is 0.319 e. The first-order valence-corrected chi connectivity index (χ1v) is 9.58. The van der Waals surface area contributed by atoms with Crippen molar-refractivity contribution in [2.75, 3.05) is 11.1 Å². The molecule has 1 aliphatic carbocycles. The van der Waals surface area contributed by atoms with Crippen molar-refractivity contribution in [3.8, 4) is 11.1 Å². The summed E-state index contributed by atoms with van der Waals surface area (Å²) in [6.45, 7) is 2.20. The summed E-state index contributed by atoms with van der Waals surface area (Å²) < 4.78 is 0. The van der Waals surface area contributed by atoms with Gasteiger partial charge in [-0.2, -0.15) is 16.9 Å². The molecule has 0 aliphatic heterocycles. The Balaban J connectivity index is 1.61. The van der Waals surface area contributed by atoms with E-state index in [0.717, 1.165) is 35.4 Å². The van der Waals surface area contributed by atoms with Crippen molar-refractivity contribution in [1.82, 2.24) is 15.5 Å². The van der Waals surface area contributed by atoms with Gasteiger partial charge in [-0.05, 0) is 31.1 Å². The highest BCUT2D eigenvalue weighted by atomic mass is 32.2. The lowest BCUT2D eigenvalue weighted by molar-refractivity contribution is 0.244. The van der Waals surface area contributed by atoms with Crippen LogP contribution in [0.5, 0.6) is 0 Å². The minimum Gasteiger partial charge on any atom is -0.335 e. The summed E-state index contributed by atoms with van der Waals surface area (Å²) in [5.41, 5.74) is 2.72. The molecule has 6 heteroatoms. The van der Waals surface area contributed by atoms with Crippen LogP contribution in [0.2, 0.25) is 0 Å². The molecule has 1 aromatic carbocycles. The third-order valence-corrected chi connectivity index (χ3v) is 5.58. The highest BCUT2D eigenvalue weighted by Crippen LogP contribution is 2.29. The van der Waals surface area contributed by atoms with Gasteiger partial charge in [-0.15, -0.1) is 0 Å². The maximum atomic E-state index is 12.4. The number of aromatic amines is 1. The van der Waals surface area contributed by atoms with Gasteiger partial charge < -0.3 is 10.6 Å². The molecule has 1 aliphatic rings. The minimum atomic E-state index is -0.127. The third kappa shape index (κ3) is 4.32. The molecule has 0 saturated heterocycles. The van der Waals surface area contributed by atoms with E-state index in [4.69, 9.17) is 0 Å². The molecule has 1 fully saturated rings. The maximum absolute atomic E-state index is 12.4. The first kappa shape index (κ1) is 16.9. The minimum absolute atomic E-state index is 0.127. The monoisotopic (exact) mass is 344 g/mol. The lowest BCUT2D eigenvalue weighted by Gasteiger charge is -2.29. The van der Waals surface area contributed by atoms with Crippen LogP contribution in [0.15, 0.2) is 36.7 Å². The normalized spacial score (nSPS) is 20.5. The number of carbonyl (C=O) groups excluding carboxylic acids is 1. The second-order valence-electron chi connectivity index (χ2n) is 6.07. The fraction of sp³-hybridized carbons (Fsp3) is 0.444. The second kappa shape index (κ2) is 8.24. The average molecular weight is 344 g/mol. The summed E-state index contributed by atoms with van der Waals surface area (Å²) in [5, 5.41) is 13.6. The molecule has 2 amide bonds. The molecule has 0 bridgehead atoms. The number of urea groups is 1. The zero-order valence-corrected chi connectivity index (χ0v) is 14.7. The van der Waals surface area contributed by atoms with Crippen molar-refractivity contribution in [3.05, 3.63) is 36.7 Å². The molecule has 128 valence electrons. The van der Waals surface area contributed by atoms with E-state index in [1.807, 2.05) is 42.2 Å². The van der Waals surface area contributed by atoms with Gasteiger partial charge in [-0.3, -0.25) is 5.10 Å². The summed E-state index contributed by atoms with van der Waals surface area (Å²) in [7, 11) is 0. The first-order valence-electron chi connectivity index (χ1n) is 8.53. The van der Waals surface area contributed by atoms with Gasteiger partial charge in [-0.25, -0.2) is 4.79 Å². The van der Waals surface area contributed by atoms with Gasteiger partial charge in [0.05, 0.1) is 11.9 Å². The number of para-hydroxylation sites is 1. The molecule has 0 unspecified atom stereocenters. The van der Waals surface area contributed by atoms with E-state index in [1.54, 1.807) is 6.20 Å². The zero-order valence-electron chi connectivity index (χ0n) is 13.9. The number of benzene rings is 1. The number of anilines is 1. The average Bonchev–Trinajstić information content (AvgIpc) is 3.10. The number of H-pyrrole nitrogens is 1. The summed E-state index contributed by atoms with van der Waals surface area (Å²) in [6, 6.07) is 7.92. The Morgan fingerprint density at radius 1 is 1.38 bits per heavy atom. The Kier molecular flexibility index (Phi) is 5.80. The second-order valence-corrected chi connectivity index (χ2v) is 7.65. The molecule has 1 saturated carbocycles. The number of hydrogen-bond acceptors (Lipinski definition) is 3. The lowest BCUT2D eigenvalue weighted by Crippen LogP contribution is -2.41. The molecular formula is C18H24N4OS. The molecule has 1 aromatic heterocycles. The van der Waals surface area contributed by atoms with E-state index in [0.29, 0.717) is 5.25 Å². The van der Waals surface area contributed by atoms with Crippen molar-refractivity contribution < 1.29 is 4.79 Å². The number of carbonyl (C=O) groups is 1. The van der Waals surface area contributed by atoms with Gasteiger partial charge in [-0.1, -0.05) is 31.5 Å². The molecular weight excluding hydrogens is 320 g/mol. The topological polar surface area (TPSA) is 69.8 Å². The van der Waals surface area contributed by atoms with Crippen molar-refractivity contribution in [2.24, 2.45) is 0 Å². The largest absolute Gasteiger partial charge is 0.335 e. The Morgan fingerprint density at radius 2 is 2.25 bits per heavy atom. The molecule has 0 radical (unpaired) electrons. The summed E-state index contributed by atoms with van der Waals surface area (Å²) in [5.74, 6) is 1.14. The summed E-state index contributed by atoms with van der Waals surface area (Å²) in [4.78, 5) is 12.4. The third-order valence-electron chi connectivity index (χ3n) is 4.35.